The fraction of sp³-hybridized carbons (Fsp3) is 0.364. The summed E-state index contributed by atoms with van der Waals surface area (Å²) in [4.78, 5) is 28.0. The Hall–Kier alpha value is -3.22. The lowest BCUT2D eigenvalue weighted by atomic mass is 10.1. The summed E-state index contributed by atoms with van der Waals surface area (Å²) < 4.78 is 10.7. The van der Waals surface area contributed by atoms with Gasteiger partial charge in [-0.1, -0.05) is 0 Å². The van der Waals surface area contributed by atoms with Gasteiger partial charge in [-0.05, 0) is 43.3 Å². The van der Waals surface area contributed by atoms with Gasteiger partial charge in [-0.15, -0.1) is 0 Å². The van der Waals surface area contributed by atoms with Gasteiger partial charge >= 0.3 is 0 Å². The zero-order chi connectivity index (χ0) is 20.8. The molecule has 29 heavy (non-hydrogen) atoms. The van der Waals surface area contributed by atoms with Crippen molar-refractivity contribution in [1.29, 1.82) is 0 Å². The Bertz CT molecular complexity index is 859. The summed E-state index contributed by atoms with van der Waals surface area (Å²) in [6.45, 7) is 4.61. The van der Waals surface area contributed by atoms with Gasteiger partial charge in [0.25, 0.3) is 0 Å². The second kappa shape index (κ2) is 9.32. The summed E-state index contributed by atoms with van der Waals surface area (Å²) in [5, 5.41) is 3.13. The number of rotatable bonds is 7. The van der Waals surface area contributed by atoms with E-state index in [0.717, 1.165) is 24.5 Å². The number of ether oxygens (including phenoxy) is 2. The fourth-order valence-electron chi connectivity index (χ4n) is 3.35. The van der Waals surface area contributed by atoms with Crippen molar-refractivity contribution in [2.45, 2.75) is 6.92 Å². The average molecular weight is 397 g/mol. The Morgan fingerprint density at radius 3 is 2.17 bits per heavy atom. The van der Waals surface area contributed by atoms with E-state index >= 15 is 0 Å². The molecule has 1 fully saturated rings. The number of ketones is 1. The van der Waals surface area contributed by atoms with Crippen LogP contribution in [0.15, 0.2) is 42.5 Å². The van der Waals surface area contributed by atoms with Crippen molar-refractivity contribution in [3.05, 3.63) is 48.0 Å². The van der Waals surface area contributed by atoms with Crippen LogP contribution < -0.4 is 19.7 Å². The minimum absolute atomic E-state index is 0.0278. The second-order valence-corrected chi connectivity index (χ2v) is 6.89. The molecule has 0 aromatic heterocycles. The minimum atomic E-state index is 0.0278. The number of carbonyl (C=O) groups is 2. The maximum Gasteiger partial charge on any atom is 0.241 e. The van der Waals surface area contributed by atoms with E-state index in [2.05, 4.69) is 10.2 Å². The largest absolute Gasteiger partial charge is 0.493 e. The van der Waals surface area contributed by atoms with Crippen LogP contribution in [0.4, 0.5) is 11.4 Å². The lowest BCUT2D eigenvalue weighted by Crippen LogP contribution is -2.50. The number of nitrogens with zero attached hydrogens (tertiary/aromatic N) is 2. The first-order valence-corrected chi connectivity index (χ1v) is 9.61. The van der Waals surface area contributed by atoms with Crippen molar-refractivity contribution in [3.8, 4) is 11.5 Å². The third-order valence-corrected chi connectivity index (χ3v) is 5.10. The molecule has 1 N–H and O–H groups in total. The fourth-order valence-corrected chi connectivity index (χ4v) is 3.35. The van der Waals surface area contributed by atoms with Crippen LogP contribution in [0.1, 0.15) is 17.3 Å². The van der Waals surface area contributed by atoms with E-state index in [1.807, 2.05) is 35.2 Å². The molecule has 2 aromatic rings. The number of benzene rings is 2. The predicted molar refractivity (Wildman–Crippen MR) is 113 cm³/mol. The smallest absolute Gasteiger partial charge is 0.241 e. The molecule has 0 spiro atoms. The minimum Gasteiger partial charge on any atom is -0.493 e. The number of nitrogens with one attached hydrogen (secondary N) is 1. The Morgan fingerprint density at radius 1 is 0.931 bits per heavy atom. The topological polar surface area (TPSA) is 71.1 Å². The zero-order valence-corrected chi connectivity index (χ0v) is 17.1. The molecule has 1 aliphatic heterocycles. The standard InChI is InChI=1S/C22H27N3O4/c1-16(26)17-4-6-18(7-5-17)23-15-22(27)25-12-10-24(11-13-25)19-8-9-20(28-2)21(14-19)29-3/h4-9,14,23H,10-13,15H2,1-3H3. The Kier molecular flexibility index (Phi) is 6.59. The van der Waals surface area contributed by atoms with Crippen LogP contribution in [0.3, 0.4) is 0 Å². The van der Waals surface area contributed by atoms with Crippen LogP contribution in [-0.4, -0.2) is 63.5 Å². The SMILES string of the molecule is COc1ccc(N2CCN(C(=O)CNc3ccc(C(C)=O)cc3)CC2)cc1OC. The molecule has 7 nitrogen and oxygen atoms in total. The van der Waals surface area contributed by atoms with Gasteiger partial charge in [0.05, 0.1) is 20.8 Å². The molecule has 3 rings (SSSR count). The molecule has 1 amide bonds. The van der Waals surface area contributed by atoms with Crippen LogP contribution in [-0.2, 0) is 4.79 Å². The van der Waals surface area contributed by atoms with Crippen molar-refractivity contribution in [2.24, 2.45) is 0 Å². The Balaban J connectivity index is 1.51. The molecule has 0 aliphatic carbocycles. The Morgan fingerprint density at radius 2 is 1.59 bits per heavy atom. The number of Topliss-reactive ketones (excluding diaryl/α,β-unsaturated/α-hetero) is 1. The highest BCUT2D eigenvalue weighted by Crippen LogP contribution is 2.31. The van der Waals surface area contributed by atoms with Crippen LogP contribution in [0, 0.1) is 0 Å². The van der Waals surface area contributed by atoms with Gasteiger partial charge in [-0.25, -0.2) is 0 Å². The first-order chi connectivity index (χ1) is 14.0. The highest BCUT2D eigenvalue weighted by atomic mass is 16.5. The Labute approximate surface area is 171 Å². The molecule has 1 aliphatic rings. The number of methoxy groups -OCH3 is 2. The van der Waals surface area contributed by atoms with Crippen LogP contribution >= 0.6 is 0 Å². The van der Waals surface area contributed by atoms with Crippen LogP contribution in [0.25, 0.3) is 0 Å². The van der Waals surface area contributed by atoms with Crippen LogP contribution in [0.2, 0.25) is 0 Å². The molecule has 1 saturated heterocycles. The van der Waals surface area contributed by atoms with E-state index in [-0.39, 0.29) is 18.2 Å². The third kappa shape index (κ3) is 4.99. The zero-order valence-electron chi connectivity index (χ0n) is 17.1. The number of piperazine rings is 1. The molecule has 2 aromatic carbocycles. The van der Waals surface area contributed by atoms with Gasteiger partial charge in [0.15, 0.2) is 17.3 Å². The van der Waals surface area contributed by atoms with Crippen LogP contribution in [0.5, 0.6) is 11.5 Å². The van der Waals surface area contributed by atoms with E-state index < -0.39 is 0 Å². The molecule has 7 heteroatoms. The highest BCUT2D eigenvalue weighted by Gasteiger charge is 2.21. The maximum atomic E-state index is 12.5. The highest BCUT2D eigenvalue weighted by molar-refractivity contribution is 5.94. The summed E-state index contributed by atoms with van der Waals surface area (Å²) in [6, 6.07) is 13.0. The number of hydrogen-bond acceptors (Lipinski definition) is 6. The number of hydrogen-bond donors (Lipinski definition) is 1. The van der Waals surface area contributed by atoms with E-state index in [9.17, 15) is 9.59 Å². The molecule has 0 saturated carbocycles. The molecular weight excluding hydrogens is 370 g/mol. The lowest BCUT2D eigenvalue weighted by Gasteiger charge is -2.36. The quantitative estimate of drug-likeness (QED) is 0.725. The van der Waals surface area contributed by atoms with Gasteiger partial charge < -0.3 is 24.6 Å². The van der Waals surface area contributed by atoms with Gasteiger partial charge in [0, 0.05) is 49.2 Å². The van der Waals surface area contributed by atoms with E-state index in [0.29, 0.717) is 30.2 Å². The second-order valence-electron chi connectivity index (χ2n) is 6.89. The number of amides is 1. The third-order valence-electron chi connectivity index (χ3n) is 5.10. The molecule has 0 bridgehead atoms. The number of anilines is 2. The van der Waals surface area contributed by atoms with Gasteiger partial charge in [-0.2, -0.15) is 0 Å². The summed E-state index contributed by atoms with van der Waals surface area (Å²) in [5.74, 6) is 1.49. The van der Waals surface area contributed by atoms with Crippen molar-refractivity contribution < 1.29 is 19.1 Å². The summed E-state index contributed by atoms with van der Waals surface area (Å²) in [5.41, 5.74) is 2.54. The monoisotopic (exact) mass is 397 g/mol. The van der Waals surface area contributed by atoms with Gasteiger partial charge in [-0.3, -0.25) is 9.59 Å². The molecule has 1 heterocycles. The van der Waals surface area contributed by atoms with Crippen molar-refractivity contribution in [3.63, 3.8) is 0 Å². The van der Waals surface area contributed by atoms with E-state index in [1.54, 1.807) is 26.4 Å². The molecule has 154 valence electrons. The number of carbonyl (C=O) groups excluding carboxylic acids is 2. The van der Waals surface area contributed by atoms with Gasteiger partial charge in [0.1, 0.15) is 0 Å². The van der Waals surface area contributed by atoms with E-state index in [1.165, 1.54) is 6.92 Å². The molecule has 0 unspecified atom stereocenters. The van der Waals surface area contributed by atoms with Crippen molar-refractivity contribution in [2.75, 3.05) is 57.2 Å². The predicted octanol–water partition coefficient (Wildman–Crippen LogP) is 2.67. The maximum absolute atomic E-state index is 12.5. The molecular formula is C22H27N3O4. The molecule has 0 atom stereocenters. The average Bonchev–Trinajstić information content (AvgIpc) is 2.77. The first kappa shape index (κ1) is 20.5. The summed E-state index contributed by atoms with van der Waals surface area (Å²) >= 11 is 0. The lowest BCUT2D eigenvalue weighted by molar-refractivity contribution is -0.129. The molecule has 0 radical (unpaired) electrons. The van der Waals surface area contributed by atoms with Crippen molar-refractivity contribution in [1.82, 2.24) is 4.90 Å². The normalized spacial score (nSPS) is 13.8. The first-order valence-electron chi connectivity index (χ1n) is 9.61. The summed E-state index contributed by atoms with van der Waals surface area (Å²) in [7, 11) is 3.24. The van der Waals surface area contributed by atoms with E-state index in [4.69, 9.17) is 9.47 Å². The van der Waals surface area contributed by atoms with Gasteiger partial charge in [0.2, 0.25) is 5.91 Å². The van der Waals surface area contributed by atoms with Crippen molar-refractivity contribution >= 4 is 23.1 Å². The summed E-state index contributed by atoms with van der Waals surface area (Å²) in [6.07, 6.45) is 0.